The maximum absolute atomic E-state index is 6.60. The molecule has 0 amide bonds. The van der Waals surface area contributed by atoms with Crippen molar-refractivity contribution >= 4 is 42.4 Å². The van der Waals surface area contributed by atoms with Crippen molar-refractivity contribution in [3.05, 3.63) is 94.9 Å². The molecule has 0 N–H and O–H groups in total. The van der Waals surface area contributed by atoms with E-state index in [1.165, 1.54) is 141 Å². The number of hydrogen-bond acceptors (Lipinski definition) is 3. The topological polar surface area (TPSA) is 19.4 Å². The third-order valence-corrected chi connectivity index (χ3v) is 23.7. The number of anilines is 2. The molecule has 1 aromatic heterocycles. The van der Waals surface area contributed by atoms with Crippen molar-refractivity contribution < 1.29 is 13.5 Å². The summed E-state index contributed by atoms with van der Waals surface area (Å²) in [4.78, 5) is 8.60. The Morgan fingerprint density at radius 3 is 1.19 bits per heavy atom. The molecule has 1 aliphatic heterocycles. The van der Waals surface area contributed by atoms with E-state index in [1.54, 1.807) is 12.4 Å². The van der Waals surface area contributed by atoms with Crippen LogP contribution in [0.25, 0.3) is 0 Å². The maximum Gasteiger partial charge on any atom is 0.0267 e. The van der Waals surface area contributed by atoms with E-state index in [0.29, 0.717) is 0 Å². The van der Waals surface area contributed by atoms with Crippen molar-refractivity contribution in [3.8, 4) is 0 Å². The SMILES string of the molecule is Cc1cc(C)c(N2[CH-]N(c3c(C)cc(C)cc3C)CC2)c(C)c1.[Cl][Ru]([Cl])=[CH][P+](C1CCCCC1)(C1CCCCC1)C1CCCCC1.c1ccncc1. The Labute approximate surface area is 331 Å². The van der Waals surface area contributed by atoms with Crippen LogP contribution in [0.15, 0.2) is 54.9 Å². The first-order chi connectivity index (χ1) is 25.1. The van der Waals surface area contributed by atoms with Crippen molar-refractivity contribution in [1.29, 1.82) is 0 Å². The monoisotopic (exact) mass is 851 g/mol. The smallest absolute Gasteiger partial charge is 0.0267 e. The number of halogens is 2. The summed E-state index contributed by atoms with van der Waals surface area (Å²) in [5, 5.41) is 0. The van der Waals surface area contributed by atoms with Crippen molar-refractivity contribution in [2.75, 3.05) is 22.9 Å². The first-order valence-corrected chi connectivity index (χ1v) is 27.8. The zero-order valence-corrected chi connectivity index (χ0v) is 37.1. The predicted molar refractivity (Wildman–Crippen MR) is 230 cm³/mol. The van der Waals surface area contributed by atoms with Gasteiger partial charge in [-0.2, -0.15) is 6.67 Å². The largest absolute Gasteiger partial charge is 0.265 e. The molecule has 4 aliphatic rings. The summed E-state index contributed by atoms with van der Waals surface area (Å²) in [6.45, 7) is 17.6. The summed E-state index contributed by atoms with van der Waals surface area (Å²) in [5.41, 5.74) is 13.8. The number of pyridine rings is 1. The first kappa shape index (κ1) is 41.8. The van der Waals surface area contributed by atoms with E-state index in [4.69, 9.17) is 19.4 Å². The molecule has 0 atom stereocenters. The van der Waals surface area contributed by atoms with E-state index in [2.05, 4.69) is 91.6 Å². The number of aromatic nitrogens is 1. The fourth-order valence-corrected chi connectivity index (χ4v) is 25.8. The van der Waals surface area contributed by atoms with Crippen LogP contribution >= 0.6 is 26.6 Å². The molecule has 4 fully saturated rings. The van der Waals surface area contributed by atoms with Crippen LogP contribution in [0.1, 0.15) is 130 Å². The number of aryl methyl sites for hydroxylation is 6. The van der Waals surface area contributed by atoms with Crippen molar-refractivity contribution in [2.24, 2.45) is 0 Å². The molecule has 2 heterocycles. The van der Waals surface area contributed by atoms with Crippen LogP contribution < -0.4 is 9.80 Å². The van der Waals surface area contributed by atoms with Gasteiger partial charge in [0.05, 0.1) is 0 Å². The first-order valence-electron chi connectivity index (χ1n) is 20.2. The van der Waals surface area contributed by atoms with Gasteiger partial charge in [0.2, 0.25) is 0 Å². The Hall–Kier alpha value is -1.31. The predicted octanol–water partition coefficient (Wildman–Crippen LogP) is 13.8. The minimum absolute atomic E-state index is 0.996. The van der Waals surface area contributed by atoms with Crippen LogP contribution in [-0.2, 0) is 13.5 Å². The summed E-state index contributed by atoms with van der Waals surface area (Å²) in [6.07, 6.45) is 25.7. The van der Waals surface area contributed by atoms with E-state index < -0.39 is 20.8 Å². The minimum Gasteiger partial charge on any atom is -0.265 e. The maximum atomic E-state index is 6.60. The van der Waals surface area contributed by atoms with Gasteiger partial charge in [0.25, 0.3) is 0 Å². The number of hydrogen-bond donors (Lipinski definition) is 0. The zero-order valence-electron chi connectivity index (χ0n) is 33.0. The molecule has 7 heteroatoms. The fourth-order valence-electron chi connectivity index (χ4n) is 10.2. The molecular formula is C45H66Cl2N3PRu. The van der Waals surface area contributed by atoms with Gasteiger partial charge in [0, 0.05) is 36.9 Å². The van der Waals surface area contributed by atoms with Gasteiger partial charge in [-0.1, -0.05) is 41.5 Å². The second-order valence-electron chi connectivity index (χ2n) is 16.1. The van der Waals surface area contributed by atoms with Gasteiger partial charge in [0.15, 0.2) is 0 Å². The molecule has 0 unspecified atom stereocenters. The minimum atomic E-state index is -1.68. The molecule has 288 valence electrons. The standard InChI is InChI=1S/C21H27N2.C19H34P.C5H5N.2ClH.Ru/c1-14-9-16(3)20(17(4)10-14)22-7-8-23(13-22)21-18(5)11-15(2)12-19(21)6;1-20(17-11-5-2-6-12-17,18-13-7-3-8-14-18)19-15-9-4-10-16-19;1-2-4-6-5-3-1;;;/h9-13H,7-8H2,1-6H3;1,17-19H,2-16H2;1-5H;2*1H;/q-1;+1;;;;+2/p-2. The average molecular weight is 852 g/mol. The molecule has 3 aliphatic carbocycles. The third kappa shape index (κ3) is 10.9. The summed E-state index contributed by atoms with van der Waals surface area (Å²) in [6, 6.07) is 14.8. The third-order valence-electron chi connectivity index (χ3n) is 12.1. The van der Waals surface area contributed by atoms with Gasteiger partial charge in [-0.05, 0) is 75.9 Å². The summed E-state index contributed by atoms with van der Waals surface area (Å²) < 4.78 is 2.71. The number of benzene rings is 2. The average Bonchev–Trinajstić information content (AvgIpc) is 3.61. The molecule has 0 radical (unpaired) electrons. The van der Waals surface area contributed by atoms with Crippen molar-refractivity contribution in [3.63, 3.8) is 0 Å². The van der Waals surface area contributed by atoms with Crippen LogP contribution in [0.3, 0.4) is 0 Å². The van der Waals surface area contributed by atoms with Crippen LogP contribution in [0.4, 0.5) is 11.4 Å². The molecule has 1 saturated heterocycles. The van der Waals surface area contributed by atoms with Crippen LogP contribution in [0.5, 0.6) is 0 Å². The normalized spacial score (nSPS) is 19.3. The van der Waals surface area contributed by atoms with E-state index in [1.807, 2.05) is 18.2 Å². The summed E-state index contributed by atoms with van der Waals surface area (Å²) >= 11 is -1.68. The summed E-state index contributed by atoms with van der Waals surface area (Å²) in [5.74, 6) is 0. The fraction of sp³-hybridized carbons (Fsp3) is 0.578. The van der Waals surface area contributed by atoms with Crippen LogP contribution in [0, 0.1) is 48.2 Å². The zero-order chi connectivity index (χ0) is 37.1. The molecule has 3 nitrogen and oxygen atoms in total. The molecule has 3 aromatic rings. The molecule has 3 saturated carbocycles. The van der Waals surface area contributed by atoms with Gasteiger partial charge in [-0.3, -0.25) is 4.98 Å². The van der Waals surface area contributed by atoms with E-state index in [9.17, 15) is 0 Å². The molecule has 0 spiro atoms. The Balaban J connectivity index is 0.000000173. The van der Waals surface area contributed by atoms with Gasteiger partial charge in [-0.25, -0.2) is 0 Å². The molecule has 2 aromatic carbocycles. The van der Waals surface area contributed by atoms with E-state index >= 15 is 0 Å². The van der Waals surface area contributed by atoms with Gasteiger partial charge in [0.1, 0.15) is 0 Å². The molecular weight excluding hydrogens is 785 g/mol. The Kier molecular flexibility index (Phi) is 16.5. The summed E-state index contributed by atoms with van der Waals surface area (Å²) in [7, 11) is 12.1. The Bertz CT molecular complexity index is 1390. The van der Waals surface area contributed by atoms with Crippen LogP contribution in [0.2, 0.25) is 0 Å². The molecule has 0 bridgehead atoms. The number of rotatable bonds is 6. The second-order valence-corrected chi connectivity index (χ2v) is 26.8. The second kappa shape index (κ2) is 20.6. The van der Waals surface area contributed by atoms with Crippen molar-refractivity contribution in [1.82, 2.24) is 4.98 Å². The number of nitrogens with zero attached hydrogens (tertiary/aromatic N) is 3. The van der Waals surface area contributed by atoms with E-state index in [0.717, 1.165) is 30.1 Å². The van der Waals surface area contributed by atoms with Crippen molar-refractivity contribution in [2.45, 2.75) is 155 Å². The van der Waals surface area contributed by atoms with Gasteiger partial charge < -0.3 is 9.80 Å². The van der Waals surface area contributed by atoms with Crippen LogP contribution in [-0.4, -0.2) is 39.4 Å². The Morgan fingerprint density at radius 1 is 0.577 bits per heavy atom. The van der Waals surface area contributed by atoms with Gasteiger partial charge in [-0.15, -0.1) is 0 Å². The molecule has 7 rings (SSSR count). The van der Waals surface area contributed by atoms with Gasteiger partial charge >= 0.3 is 158 Å². The quantitative estimate of drug-likeness (QED) is 0.140. The van der Waals surface area contributed by atoms with E-state index in [-0.39, 0.29) is 0 Å². The molecule has 52 heavy (non-hydrogen) atoms. The Morgan fingerprint density at radius 2 is 0.923 bits per heavy atom.